The molecule has 0 unspecified atom stereocenters. The van der Waals surface area contributed by atoms with Crippen LogP contribution in [-0.2, 0) is 46.3 Å². The first-order valence-corrected chi connectivity index (χ1v) is 8.12. The van der Waals surface area contributed by atoms with Crippen LogP contribution in [0.4, 0.5) is 5.82 Å². The Morgan fingerprint density at radius 1 is 1.15 bits per heavy atom. The number of hydrogen-bond donors (Lipinski definition) is 0. The third-order valence-electron chi connectivity index (χ3n) is 4.29. The predicted octanol–water partition coefficient (Wildman–Crippen LogP) is 3.78. The maximum atomic E-state index is 13.2. The molecule has 4 rings (SSSR count). The van der Waals surface area contributed by atoms with E-state index in [4.69, 9.17) is 0 Å². The van der Waals surface area contributed by atoms with E-state index in [0.29, 0.717) is 17.9 Å². The number of rotatable bonds is 4. The van der Waals surface area contributed by atoms with Crippen molar-refractivity contribution < 1.29 is 37.5 Å². The van der Waals surface area contributed by atoms with E-state index in [1.165, 1.54) is 0 Å². The Bertz CT molecular complexity index is 1010. The van der Waals surface area contributed by atoms with Crippen molar-refractivity contribution in [2.75, 3.05) is 4.90 Å². The monoisotopic (exact) mass is 416 g/mol. The molecule has 127 valence electrons. The minimum absolute atomic E-state index is 0. The average molecular weight is 416 g/mol. The Balaban J connectivity index is 0.00000196. The second kappa shape index (κ2) is 8.02. The van der Waals surface area contributed by atoms with Gasteiger partial charge in [0, 0.05) is 62.4 Å². The number of benzene rings is 2. The normalized spacial score (nSPS) is 10.5. The second-order valence-electron chi connectivity index (χ2n) is 5.97. The van der Waals surface area contributed by atoms with Crippen LogP contribution in [0.1, 0.15) is 15.9 Å². The summed E-state index contributed by atoms with van der Waals surface area (Å²) >= 11 is 0. The molecular weight excluding hydrogens is 399 g/mol. The zero-order chi connectivity index (χ0) is 17.2. The summed E-state index contributed by atoms with van der Waals surface area (Å²) in [6, 6.07) is 22.3. The van der Waals surface area contributed by atoms with E-state index >= 15 is 0 Å². The molecule has 2 aromatic carbocycles. The Kier molecular flexibility index (Phi) is 5.75. The third-order valence-corrected chi connectivity index (χ3v) is 4.29. The van der Waals surface area contributed by atoms with Crippen LogP contribution in [0, 0.1) is 6.07 Å². The first-order chi connectivity index (χ1) is 12.2. The zero-order valence-electron chi connectivity index (χ0n) is 14.5. The molecule has 0 saturated carbocycles. The molecule has 4 nitrogen and oxygen atoms in total. The summed E-state index contributed by atoms with van der Waals surface area (Å²) in [5.41, 5.74) is 2.70. The number of aryl methyl sites for hydroxylation is 1. The van der Waals surface area contributed by atoms with Crippen molar-refractivity contribution in [2.45, 2.75) is 6.54 Å². The van der Waals surface area contributed by atoms with Crippen LogP contribution < -0.4 is 9.88 Å². The van der Waals surface area contributed by atoms with E-state index < -0.39 is 0 Å². The molecular formula is C21H17N3OY-2. The van der Waals surface area contributed by atoms with E-state index in [1.54, 1.807) is 11.1 Å². The molecule has 0 atom stereocenters. The summed E-state index contributed by atoms with van der Waals surface area (Å²) in [7, 11) is 2.00. The molecule has 26 heavy (non-hydrogen) atoms. The predicted molar refractivity (Wildman–Crippen MR) is 98.5 cm³/mol. The van der Waals surface area contributed by atoms with Crippen molar-refractivity contribution >= 4 is 22.6 Å². The van der Waals surface area contributed by atoms with Gasteiger partial charge in [-0.3, -0.25) is 4.79 Å². The van der Waals surface area contributed by atoms with Gasteiger partial charge in [0.15, 0.2) is 5.91 Å². The minimum atomic E-state index is -0.0679. The summed E-state index contributed by atoms with van der Waals surface area (Å²) in [6.07, 6.45) is 3.69. The number of aromatic nitrogens is 2. The third kappa shape index (κ3) is 3.67. The minimum Gasteiger partial charge on any atom is -0.442 e. The van der Waals surface area contributed by atoms with Crippen LogP contribution >= 0.6 is 0 Å². The summed E-state index contributed by atoms with van der Waals surface area (Å²) in [5.74, 6) is 0.581. The van der Waals surface area contributed by atoms with Gasteiger partial charge >= 0.3 is 0 Å². The molecule has 0 saturated heterocycles. The molecule has 1 amide bonds. The van der Waals surface area contributed by atoms with Gasteiger partial charge in [0.1, 0.15) is 0 Å². The smallest absolute Gasteiger partial charge is 0.178 e. The van der Waals surface area contributed by atoms with Crippen LogP contribution in [0.5, 0.6) is 0 Å². The maximum Gasteiger partial charge on any atom is 0.178 e. The van der Waals surface area contributed by atoms with E-state index in [9.17, 15) is 4.79 Å². The molecule has 1 radical (unpaired) electrons. The molecule has 5 heteroatoms. The van der Waals surface area contributed by atoms with E-state index in [1.807, 2.05) is 78.5 Å². The fourth-order valence-corrected chi connectivity index (χ4v) is 2.98. The van der Waals surface area contributed by atoms with Gasteiger partial charge in [-0.05, 0) is 30.8 Å². The van der Waals surface area contributed by atoms with Gasteiger partial charge in [0.25, 0.3) is 0 Å². The van der Waals surface area contributed by atoms with Gasteiger partial charge in [0.2, 0.25) is 0 Å². The van der Waals surface area contributed by atoms with Gasteiger partial charge in [-0.25, -0.2) is 0 Å². The van der Waals surface area contributed by atoms with Crippen molar-refractivity contribution in [2.24, 2.45) is 7.05 Å². The second-order valence-corrected chi connectivity index (χ2v) is 5.97. The Morgan fingerprint density at radius 2 is 2.04 bits per heavy atom. The summed E-state index contributed by atoms with van der Waals surface area (Å²) in [5, 5.41) is 1.05. The van der Waals surface area contributed by atoms with Crippen LogP contribution in [0.2, 0.25) is 0 Å². The van der Waals surface area contributed by atoms with Gasteiger partial charge in [0.05, 0.1) is 0 Å². The average Bonchev–Trinajstić information content (AvgIpc) is 3.30. The number of carbonyl (C=O) groups is 1. The standard InChI is InChI=1S/C21H17N3O.Y/c1-23-13-11-17-14-18(9-10-19(17)23)21(25)24(20-8-5-12-22-20)15-16-6-3-2-4-7-16;/h2-6,8-14H,15H2,1H3;/q-2;. The number of hydrogen-bond acceptors (Lipinski definition) is 1. The zero-order valence-corrected chi connectivity index (χ0v) is 17.3. The fraction of sp³-hybridized carbons (Fsp3) is 0.0952. The van der Waals surface area contributed by atoms with Gasteiger partial charge < -0.3 is 14.5 Å². The van der Waals surface area contributed by atoms with Crippen LogP contribution in [-0.4, -0.2) is 10.5 Å². The van der Waals surface area contributed by atoms with Crippen molar-refractivity contribution in [3.05, 3.63) is 90.3 Å². The topological polar surface area (TPSA) is 39.3 Å². The van der Waals surface area contributed by atoms with Crippen molar-refractivity contribution in [1.82, 2.24) is 9.55 Å². The molecule has 0 bridgehead atoms. The van der Waals surface area contributed by atoms with Crippen LogP contribution in [0.25, 0.3) is 10.9 Å². The number of fused-ring (bicyclic) bond motifs is 1. The van der Waals surface area contributed by atoms with E-state index in [2.05, 4.69) is 11.1 Å². The van der Waals surface area contributed by atoms with Gasteiger partial charge in [-0.15, -0.1) is 0 Å². The Hall–Kier alpha value is -2.17. The molecule has 0 N–H and O–H groups in total. The summed E-state index contributed by atoms with van der Waals surface area (Å²) in [6.45, 7) is 0.434. The summed E-state index contributed by atoms with van der Waals surface area (Å²) < 4.78 is 2.04. The number of carbonyl (C=O) groups excluding carboxylic acids is 1. The van der Waals surface area contributed by atoms with E-state index in [0.717, 1.165) is 16.5 Å². The SMILES string of the molecule is Cn1ccc2cc(C(=O)N(Cc3[c-]cccc3)c3ccc[n-]3)ccc21.[Y]. The van der Waals surface area contributed by atoms with Gasteiger partial charge in [-0.2, -0.15) is 35.9 Å². The molecule has 0 fully saturated rings. The number of amides is 1. The maximum absolute atomic E-state index is 13.2. The van der Waals surface area contributed by atoms with Crippen molar-refractivity contribution in [1.29, 1.82) is 0 Å². The molecule has 0 aliphatic rings. The molecule has 2 aromatic heterocycles. The quantitative estimate of drug-likeness (QED) is 0.475. The van der Waals surface area contributed by atoms with Crippen molar-refractivity contribution in [3.8, 4) is 0 Å². The van der Waals surface area contributed by atoms with Crippen LogP contribution in [0.15, 0.2) is 73.1 Å². The number of anilines is 1. The summed E-state index contributed by atoms with van der Waals surface area (Å²) in [4.78, 5) is 19.2. The Labute approximate surface area is 177 Å². The largest absolute Gasteiger partial charge is 0.442 e. The number of nitrogens with zero attached hydrogens (tertiary/aromatic N) is 3. The molecule has 0 spiro atoms. The Morgan fingerprint density at radius 3 is 2.77 bits per heavy atom. The molecule has 4 aromatic rings. The van der Waals surface area contributed by atoms with E-state index in [-0.39, 0.29) is 38.6 Å². The van der Waals surface area contributed by atoms with Crippen LogP contribution in [0.3, 0.4) is 0 Å². The first kappa shape index (κ1) is 18.6. The first-order valence-electron chi connectivity index (χ1n) is 8.12. The van der Waals surface area contributed by atoms with Gasteiger partial charge in [-0.1, -0.05) is 24.1 Å². The molecule has 0 aliphatic heterocycles. The molecule has 2 heterocycles. The fourth-order valence-electron chi connectivity index (χ4n) is 2.98. The van der Waals surface area contributed by atoms with Crippen molar-refractivity contribution in [3.63, 3.8) is 0 Å². The molecule has 0 aliphatic carbocycles.